The fraction of sp³-hybridized carbons (Fsp3) is 0.700. The molecule has 1 aromatic carbocycles. The summed E-state index contributed by atoms with van der Waals surface area (Å²) in [6, 6.07) is 6.12. The number of unbranched alkanes of at least 4 members (excludes halogenated alkanes) is 16. The van der Waals surface area contributed by atoms with Gasteiger partial charge < -0.3 is 15.6 Å². The van der Waals surface area contributed by atoms with Crippen LogP contribution < -0.4 is 10.6 Å². The van der Waals surface area contributed by atoms with Crippen molar-refractivity contribution in [1.82, 2.24) is 30.4 Å². The van der Waals surface area contributed by atoms with Gasteiger partial charge in [0.25, 0.3) is 0 Å². The minimum absolute atomic E-state index is 0.0714. The van der Waals surface area contributed by atoms with Gasteiger partial charge in [0.2, 0.25) is 11.8 Å². The molecule has 0 spiro atoms. The van der Waals surface area contributed by atoms with E-state index in [0.29, 0.717) is 42.4 Å². The Bertz CT molecular complexity index is 1350. The molecular weight excluding hydrogens is 632 g/mol. The average Bonchev–Trinajstić information content (AvgIpc) is 3.64. The molecule has 0 aliphatic rings. The van der Waals surface area contributed by atoms with Gasteiger partial charge in [-0.25, -0.2) is 0 Å². The van der Waals surface area contributed by atoms with Crippen LogP contribution in [0, 0.1) is 0 Å². The molecule has 274 valence electrons. The number of halogens is 1. The van der Waals surface area contributed by atoms with Gasteiger partial charge >= 0.3 is 0 Å². The van der Waals surface area contributed by atoms with Crippen molar-refractivity contribution >= 4 is 29.1 Å². The van der Waals surface area contributed by atoms with E-state index in [1.807, 2.05) is 12.1 Å². The lowest BCUT2D eigenvalue weighted by Gasteiger charge is -2.14. The molecule has 2 amide bonds. The zero-order chi connectivity index (χ0) is 35.5. The quantitative estimate of drug-likeness (QED) is 0.0767. The van der Waals surface area contributed by atoms with Gasteiger partial charge in [0.05, 0.1) is 5.69 Å². The summed E-state index contributed by atoms with van der Waals surface area (Å²) in [5.74, 6) is 0.777. The summed E-state index contributed by atoms with van der Waals surface area (Å²) >= 11 is 6.72. The van der Waals surface area contributed by atoms with E-state index in [1.54, 1.807) is 4.63 Å². The number of amides is 2. The molecule has 49 heavy (non-hydrogen) atoms. The molecule has 0 aliphatic heterocycles. The van der Waals surface area contributed by atoms with E-state index in [9.17, 15) is 9.59 Å². The highest BCUT2D eigenvalue weighted by molar-refractivity contribution is 6.34. The molecule has 3 rings (SSSR count). The highest BCUT2D eigenvalue weighted by Crippen LogP contribution is 2.32. The van der Waals surface area contributed by atoms with E-state index in [2.05, 4.69) is 61.4 Å². The number of aromatic amines is 1. The van der Waals surface area contributed by atoms with Crippen LogP contribution in [-0.2, 0) is 28.1 Å². The Hall–Kier alpha value is -2.87. The van der Waals surface area contributed by atoms with Crippen molar-refractivity contribution in [2.75, 3.05) is 0 Å². The van der Waals surface area contributed by atoms with E-state index >= 15 is 0 Å². The molecule has 0 atom stereocenters. The molecule has 8 nitrogen and oxygen atoms in total. The summed E-state index contributed by atoms with van der Waals surface area (Å²) < 4.78 is 1.56. The van der Waals surface area contributed by atoms with Crippen LogP contribution in [0.5, 0.6) is 0 Å². The van der Waals surface area contributed by atoms with Crippen LogP contribution in [0.3, 0.4) is 0 Å². The van der Waals surface area contributed by atoms with Gasteiger partial charge in [0.15, 0.2) is 11.5 Å². The molecule has 3 aromatic rings. The number of fused-ring (bicyclic) bond motifs is 1. The molecule has 0 bridgehead atoms. The SMILES string of the molecule is CCCCCCCCCCCC(=O)NCc1cc(CNC(=O)CCCCCCCCCCC)cc(-c2nn3nc(C(C)(C)C)c(Cl)c3[nH]2)c1. The molecular formula is C40H65ClN6O2. The highest BCUT2D eigenvalue weighted by atomic mass is 35.5. The van der Waals surface area contributed by atoms with Crippen LogP contribution in [0.1, 0.15) is 180 Å². The second-order valence-electron chi connectivity index (χ2n) is 15.0. The number of hydrogen-bond donors (Lipinski definition) is 3. The molecule has 0 saturated carbocycles. The molecule has 0 radical (unpaired) electrons. The Balaban J connectivity index is 1.57. The van der Waals surface area contributed by atoms with Gasteiger partial charge in [-0.05, 0) is 36.1 Å². The smallest absolute Gasteiger partial charge is 0.220 e. The number of carbonyl (C=O) groups is 2. The van der Waals surface area contributed by atoms with Crippen molar-refractivity contribution in [3.63, 3.8) is 0 Å². The summed E-state index contributed by atoms with van der Waals surface area (Å²) in [5, 5.41) is 16.2. The third-order valence-electron chi connectivity index (χ3n) is 9.27. The molecule has 0 aliphatic carbocycles. The monoisotopic (exact) mass is 696 g/mol. The van der Waals surface area contributed by atoms with Crippen molar-refractivity contribution in [1.29, 1.82) is 0 Å². The first kappa shape index (κ1) is 40.6. The standard InChI is InChI=1S/C40H65ClN6O2/c1-6-8-10-12-14-16-18-20-22-24-34(48)42-29-31-26-32(30-43-35(49)25-23-21-19-17-15-13-11-9-7-2)28-33(27-31)38-44-39-36(41)37(40(3,4)5)45-47(39)46-38/h26-28H,6-25,29-30H2,1-5H3,(H,42,48)(H,43,49)(H,44,46). The second kappa shape index (κ2) is 22.1. The van der Waals surface area contributed by atoms with E-state index in [4.69, 9.17) is 16.7 Å². The zero-order valence-corrected chi connectivity index (χ0v) is 32.1. The van der Waals surface area contributed by atoms with Gasteiger partial charge in [-0.15, -0.1) is 9.73 Å². The number of rotatable bonds is 25. The van der Waals surface area contributed by atoms with Crippen molar-refractivity contribution in [2.24, 2.45) is 0 Å². The molecule has 2 heterocycles. The van der Waals surface area contributed by atoms with Gasteiger partial charge in [0.1, 0.15) is 5.02 Å². The van der Waals surface area contributed by atoms with Gasteiger partial charge in [0, 0.05) is 36.9 Å². The predicted octanol–water partition coefficient (Wildman–Crippen LogP) is 10.7. The molecule has 0 unspecified atom stereocenters. The fourth-order valence-corrected chi connectivity index (χ4v) is 6.72. The van der Waals surface area contributed by atoms with Crippen LogP contribution in [0.2, 0.25) is 5.02 Å². The minimum atomic E-state index is -0.211. The average molecular weight is 697 g/mol. The number of hydrogen-bond acceptors (Lipinski definition) is 4. The van der Waals surface area contributed by atoms with Crippen molar-refractivity contribution in [3.8, 4) is 11.4 Å². The van der Waals surface area contributed by atoms with Gasteiger partial charge in [-0.1, -0.05) is 155 Å². The van der Waals surface area contributed by atoms with E-state index in [1.165, 1.54) is 89.9 Å². The lowest BCUT2D eigenvalue weighted by molar-refractivity contribution is -0.122. The molecule has 2 aromatic heterocycles. The maximum absolute atomic E-state index is 12.7. The predicted molar refractivity (Wildman–Crippen MR) is 204 cm³/mol. The lowest BCUT2D eigenvalue weighted by Crippen LogP contribution is -2.24. The zero-order valence-electron chi connectivity index (χ0n) is 31.3. The molecule has 0 fully saturated rings. The van der Waals surface area contributed by atoms with Crippen LogP contribution in [0.15, 0.2) is 18.2 Å². The van der Waals surface area contributed by atoms with Crippen LogP contribution in [0.4, 0.5) is 0 Å². The van der Waals surface area contributed by atoms with E-state index in [0.717, 1.165) is 48.1 Å². The van der Waals surface area contributed by atoms with E-state index < -0.39 is 0 Å². The number of aromatic nitrogens is 4. The summed E-state index contributed by atoms with van der Waals surface area (Å²) in [6.45, 7) is 11.5. The van der Waals surface area contributed by atoms with Crippen molar-refractivity contribution in [3.05, 3.63) is 40.0 Å². The highest BCUT2D eigenvalue weighted by Gasteiger charge is 2.25. The summed E-state index contributed by atoms with van der Waals surface area (Å²) in [4.78, 5) is 28.8. The fourth-order valence-electron chi connectivity index (χ4n) is 6.28. The molecule has 9 heteroatoms. The maximum atomic E-state index is 12.7. The number of nitrogens with one attached hydrogen (secondary N) is 3. The Labute approximate surface area is 301 Å². The van der Waals surface area contributed by atoms with Crippen LogP contribution in [-0.4, -0.2) is 31.6 Å². The van der Waals surface area contributed by atoms with E-state index in [-0.39, 0.29) is 17.2 Å². The first-order valence-electron chi connectivity index (χ1n) is 19.4. The minimum Gasteiger partial charge on any atom is -0.352 e. The maximum Gasteiger partial charge on any atom is 0.220 e. The summed E-state index contributed by atoms with van der Waals surface area (Å²) in [7, 11) is 0. The first-order valence-corrected chi connectivity index (χ1v) is 19.8. The van der Waals surface area contributed by atoms with Crippen LogP contribution >= 0.6 is 11.6 Å². The van der Waals surface area contributed by atoms with Crippen molar-refractivity contribution in [2.45, 2.75) is 182 Å². The number of benzene rings is 1. The Kier molecular flexibility index (Phi) is 18.3. The first-order chi connectivity index (χ1) is 23.6. The second-order valence-corrected chi connectivity index (χ2v) is 15.4. The Morgan fingerprint density at radius 3 is 1.51 bits per heavy atom. The number of nitrogens with zero attached hydrogens (tertiary/aromatic N) is 3. The number of carbonyl (C=O) groups excluding carboxylic acids is 2. The van der Waals surface area contributed by atoms with Crippen LogP contribution in [0.25, 0.3) is 17.0 Å². The normalized spacial score (nSPS) is 11.8. The molecule has 0 saturated heterocycles. The Morgan fingerprint density at radius 1 is 0.673 bits per heavy atom. The molecule has 3 N–H and O–H groups in total. The largest absolute Gasteiger partial charge is 0.352 e. The topological polar surface area (TPSA) is 104 Å². The van der Waals surface area contributed by atoms with Gasteiger partial charge in [-0.2, -0.15) is 5.10 Å². The summed E-state index contributed by atoms with van der Waals surface area (Å²) in [6.07, 6.45) is 23.2. The third kappa shape index (κ3) is 14.9. The lowest BCUT2D eigenvalue weighted by atomic mass is 9.92. The Morgan fingerprint density at radius 2 is 1.10 bits per heavy atom. The number of H-pyrrole nitrogens is 1. The summed E-state index contributed by atoms with van der Waals surface area (Å²) in [5.41, 5.74) is 3.99. The van der Waals surface area contributed by atoms with Crippen molar-refractivity contribution < 1.29 is 9.59 Å². The third-order valence-corrected chi connectivity index (χ3v) is 9.63. The van der Waals surface area contributed by atoms with Gasteiger partial charge in [-0.3, -0.25) is 9.59 Å².